The van der Waals surface area contributed by atoms with Gasteiger partial charge < -0.3 is 9.64 Å². The number of rotatable bonds is 4. The molecule has 2 aromatic rings. The summed E-state index contributed by atoms with van der Waals surface area (Å²) in [5.74, 6) is 3.04. The van der Waals surface area contributed by atoms with Crippen molar-refractivity contribution in [1.82, 2.24) is 15.2 Å². The number of fused-ring (bicyclic) bond motifs is 1. The van der Waals surface area contributed by atoms with Crippen molar-refractivity contribution < 1.29 is 9.53 Å². The molecule has 0 atom stereocenters. The van der Waals surface area contributed by atoms with Crippen LogP contribution in [0, 0.1) is 0 Å². The van der Waals surface area contributed by atoms with Crippen LogP contribution in [0.5, 0.6) is 5.75 Å². The largest absolute Gasteiger partial charge is 0.482 e. The van der Waals surface area contributed by atoms with Crippen LogP contribution in [0.3, 0.4) is 0 Å². The molecule has 1 saturated carbocycles. The van der Waals surface area contributed by atoms with Gasteiger partial charge in [0.1, 0.15) is 11.6 Å². The van der Waals surface area contributed by atoms with Gasteiger partial charge in [0.05, 0.1) is 5.69 Å². The molecule has 1 aromatic heterocycles. The Kier molecular flexibility index (Phi) is 2.87. The molecular weight excluding hydrogens is 268 g/mol. The quantitative estimate of drug-likeness (QED) is 0.926. The molecule has 2 heterocycles. The number of nitrogens with zero attached hydrogens (tertiary/aromatic N) is 3. The van der Waals surface area contributed by atoms with E-state index in [2.05, 4.69) is 15.2 Å². The molecule has 1 aliphatic heterocycles. The number of hydrogen-bond donors (Lipinski definition) is 1. The van der Waals surface area contributed by atoms with Gasteiger partial charge in [-0.2, -0.15) is 5.10 Å². The minimum atomic E-state index is -0.0179. The minimum Gasteiger partial charge on any atom is -0.482 e. The molecule has 1 fully saturated rings. The lowest BCUT2D eigenvalue weighted by molar-refractivity contribution is -0.121. The maximum absolute atomic E-state index is 12.1. The molecular formula is C15H16N4O2. The Morgan fingerprint density at radius 3 is 3.05 bits per heavy atom. The molecule has 1 aliphatic carbocycles. The molecule has 1 amide bonds. The van der Waals surface area contributed by atoms with Crippen molar-refractivity contribution in [3.8, 4) is 5.75 Å². The molecule has 0 saturated heterocycles. The van der Waals surface area contributed by atoms with Gasteiger partial charge in [0, 0.05) is 18.9 Å². The molecule has 1 aromatic carbocycles. The van der Waals surface area contributed by atoms with Crippen LogP contribution in [0.4, 0.5) is 5.69 Å². The summed E-state index contributed by atoms with van der Waals surface area (Å²) in [6.45, 7) is 0.680. The molecule has 108 valence electrons. The van der Waals surface area contributed by atoms with E-state index in [0.29, 0.717) is 18.9 Å². The zero-order valence-electron chi connectivity index (χ0n) is 11.6. The average molecular weight is 284 g/mol. The van der Waals surface area contributed by atoms with Gasteiger partial charge in [0.2, 0.25) is 0 Å². The van der Waals surface area contributed by atoms with Gasteiger partial charge in [-0.3, -0.25) is 9.89 Å². The fourth-order valence-corrected chi connectivity index (χ4v) is 2.56. The second kappa shape index (κ2) is 4.87. The highest BCUT2D eigenvalue weighted by atomic mass is 16.5. The number of aromatic amines is 1. The number of hydrogen-bond acceptors (Lipinski definition) is 4. The Bertz CT molecular complexity index is 678. The van der Waals surface area contributed by atoms with Crippen LogP contribution >= 0.6 is 0 Å². The van der Waals surface area contributed by atoms with E-state index in [1.54, 1.807) is 4.90 Å². The van der Waals surface area contributed by atoms with E-state index < -0.39 is 0 Å². The highest BCUT2D eigenvalue weighted by Crippen LogP contribution is 2.37. The van der Waals surface area contributed by atoms with E-state index in [9.17, 15) is 4.79 Å². The third kappa shape index (κ3) is 2.37. The van der Waals surface area contributed by atoms with Crippen molar-refractivity contribution in [3.05, 3.63) is 35.9 Å². The fraction of sp³-hybridized carbons (Fsp3) is 0.400. The van der Waals surface area contributed by atoms with Gasteiger partial charge in [-0.15, -0.1) is 0 Å². The van der Waals surface area contributed by atoms with Gasteiger partial charge in [0.25, 0.3) is 5.91 Å². The monoisotopic (exact) mass is 284 g/mol. The van der Waals surface area contributed by atoms with Gasteiger partial charge in [-0.05, 0) is 25.0 Å². The van der Waals surface area contributed by atoms with E-state index in [0.717, 1.165) is 23.1 Å². The molecule has 1 N–H and O–H groups in total. The van der Waals surface area contributed by atoms with Crippen LogP contribution in [0.1, 0.15) is 30.4 Å². The first-order valence-corrected chi connectivity index (χ1v) is 7.24. The Hall–Kier alpha value is -2.37. The number of anilines is 1. The molecule has 0 radical (unpaired) electrons. The maximum atomic E-state index is 12.1. The molecule has 2 aliphatic rings. The molecule has 0 spiro atoms. The van der Waals surface area contributed by atoms with E-state index >= 15 is 0 Å². The summed E-state index contributed by atoms with van der Waals surface area (Å²) in [5, 5.41) is 7.22. The maximum Gasteiger partial charge on any atom is 0.265 e. The van der Waals surface area contributed by atoms with Crippen molar-refractivity contribution in [1.29, 1.82) is 0 Å². The Morgan fingerprint density at radius 1 is 1.33 bits per heavy atom. The van der Waals surface area contributed by atoms with E-state index in [4.69, 9.17) is 4.74 Å². The fourth-order valence-electron chi connectivity index (χ4n) is 2.56. The molecule has 0 bridgehead atoms. The first-order valence-electron chi connectivity index (χ1n) is 7.24. The standard InChI is InChI=1S/C15H16N4O2/c20-14-9-21-12-4-2-1-3-11(12)19(14)8-7-13-16-15(18-17-13)10-5-6-10/h1-4,10H,5-9H2,(H,16,17,18). The first kappa shape index (κ1) is 12.4. The lowest BCUT2D eigenvalue weighted by Crippen LogP contribution is -2.40. The first-order chi connectivity index (χ1) is 10.3. The van der Waals surface area contributed by atoms with Crippen molar-refractivity contribution in [2.45, 2.75) is 25.2 Å². The number of carbonyl (C=O) groups is 1. The van der Waals surface area contributed by atoms with E-state index in [1.807, 2.05) is 24.3 Å². The summed E-state index contributed by atoms with van der Waals surface area (Å²) in [5.41, 5.74) is 0.829. The van der Waals surface area contributed by atoms with E-state index in [-0.39, 0.29) is 12.5 Å². The predicted octanol–water partition coefficient (Wildman–Crippen LogP) is 1.65. The van der Waals surface area contributed by atoms with Crippen LogP contribution in [0.25, 0.3) is 0 Å². The van der Waals surface area contributed by atoms with Gasteiger partial charge in [0.15, 0.2) is 12.4 Å². The predicted molar refractivity (Wildman–Crippen MR) is 76.4 cm³/mol. The third-order valence-corrected chi connectivity index (χ3v) is 3.87. The number of benzene rings is 1. The van der Waals surface area contributed by atoms with Crippen molar-refractivity contribution in [2.75, 3.05) is 18.1 Å². The highest BCUT2D eigenvalue weighted by Gasteiger charge is 2.28. The average Bonchev–Trinajstić information content (AvgIpc) is 3.26. The van der Waals surface area contributed by atoms with Crippen LogP contribution in [-0.4, -0.2) is 34.2 Å². The Morgan fingerprint density at radius 2 is 2.19 bits per heavy atom. The third-order valence-electron chi connectivity index (χ3n) is 3.87. The normalized spacial score (nSPS) is 17.5. The smallest absolute Gasteiger partial charge is 0.265 e. The SMILES string of the molecule is O=C1COc2ccccc2N1CCc1nc(C2CC2)n[nH]1. The van der Waals surface area contributed by atoms with Gasteiger partial charge in [-0.25, -0.2) is 4.98 Å². The number of amides is 1. The summed E-state index contributed by atoms with van der Waals surface area (Å²) in [6, 6.07) is 7.61. The lowest BCUT2D eigenvalue weighted by Gasteiger charge is -2.28. The second-order valence-corrected chi connectivity index (χ2v) is 5.47. The molecule has 4 rings (SSSR count). The molecule has 0 unspecified atom stereocenters. The summed E-state index contributed by atoms with van der Waals surface area (Å²) >= 11 is 0. The minimum absolute atomic E-state index is 0.0179. The number of nitrogens with one attached hydrogen (secondary N) is 1. The highest BCUT2D eigenvalue weighted by molar-refractivity contribution is 5.97. The van der Waals surface area contributed by atoms with Crippen molar-refractivity contribution in [3.63, 3.8) is 0 Å². The van der Waals surface area contributed by atoms with Gasteiger partial charge in [-0.1, -0.05) is 12.1 Å². The van der Waals surface area contributed by atoms with Crippen LogP contribution < -0.4 is 9.64 Å². The topological polar surface area (TPSA) is 71.1 Å². The number of H-pyrrole nitrogens is 1. The van der Waals surface area contributed by atoms with E-state index in [1.165, 1.54) is 12.8 Å². The summed E-state index contributed by atoms with van der Waals surface area (Å²) < 4.78 is 5.43. The van der Waals surface area contributed by atoms with Crippen molar-refractivity contribution in [2.24, 2.45) is 0 Å². The summed E-state index contributed by atoms with van der Waals surface area (Å²) in [7, 11) is 0. The number of para-hydroxylation sites is 2. The van der Waals surface area contributed by atoms with Gasteiger partial charge >= 0.3 is 0 Å². The van der Waals surface area contributed by atoms with Crippen LogP contribution in [0.15, 0.2) is 24.3 Å². The Labute approximate surface area is 122 Å². The van der Waals surface area contributed by atoms with Crippen LogP contribution in [0.2, 0.25) is 0 Å². The zero-order chi connectivity index (χ0) is 14.2. The molecule has 6 nitrogen and oxygen atoms in total. The molecule has 6 heteroatoms. The van der Waals surface area contributed by atoms with Crippen LogP contribution in [-0.2, 0) is 11.2 Å². The lowest BCUT2D eigenvalue weighted by atomic mass is 10.2. The number of aromatic nitrogens is 3. The second-order valence-electron chi connectivity index (χ2n) is 5.47. The number of carbonyl (C=O) groups excluding carboxylic acids is 1. The zero-order valence-corrected chi connectivity index (χ0v) is 11.6. The Balaban J connectivity index is 1.49. The van der Waals surface area contributed by atoms with Crippen molar-refractivity contribution >= 4 is 11.6 Å². The summed E-state index contributed by atoms with van der Waals surface area (Å²) in [6.07, 6.45) is 3.04. The summed E-state index contributed by atoms with van der Waals surface area (Å²) in [4.78, 5) is 18.3. The number of ether oxygens (including phenoxy) is 1. The molecule has 21 heavy (non-hydrogen) atoms.